The van der Waals surface area contributed by atoms with Gasteiger partial charge in [-0.2, -0.15) is 5.10 Å². The molecule has 108 valence electrons. The Morgan fingerprint density at radius 3 is 2.70 bits per heavy atom. The quantitative estimate of drug-likeness (QED) is 0.907. The van der Waals surface area contributed by atoms with Crippen LogP contribution in [-0.4, -0.2) is 22.0 Å². The van der Waals surface area contributed by atoms with E-state index in [9.17, 15) is 5.11 Å². The van der Waals surface area contributed by atoms with Gasteiger partial charge in [0.2, 0.25) is 0 Å². The molecule has 0 aliphatic carbocycles. The fourth-order valence-electron chi connectivity index (χ4n) is 1.99. The third kappa shape index (κ3) is 3.41. The maximum Gasteiger partial charge on any atom is 0.133 e. The number of hydrogen-bond donors (Lipinski definition) is 1. The van der Waals surface area contributed by atoms with Gasteiger partial charge in [-0.15, -0.1) is 0 Å². The number of nitrogens with zero attached hydrogens (tertiary/aromatic N) is 2. The van der Waals surface area contributed by atoms with Gasteiger partial charge in [0.15, 0.2) is 0 Å². The first kappa shape index (κ1) is 15.1. The third-order valence-electron chi connectivity index (χ3n) is 3.18. The molecule has 0 aliphatic rings. The van der Waals surface area contributed by atoms with E-state index >= 15 is 0 Å². The van der Waals surface area contributed by atoms with E-state index in [1.807, 2.05) is 29.1 Å². The van der Waals surface area contributed by atoms with E-state index in [0.717, 1.165) is 21.3 Å². The molecule has 20 heavy (non-hydrogen) atoms. The van der Waals surface area contributed by atoms with Crippen molar-refractivity contribution in [3.05, 3.63) is 46.2 Å². The van der Waals surface area contributed by atoms with E-state index in [1.165, 1.54) is 0 Å². The van der Waals surface area contributed by atoms with Crippen molar-refractivity contribution in [2.24, 2.45) is 0 Å². The number of aromatic nitrogens is 2. The van der Waals surface area contributed by atoms with E-state index in [0.29, 0.717) is 12.5 Å². The van der Waals surface area contributed by atoms with Crippen LogP contribution in [0.4, 0.5) is 0 Å². The van der Waals surface area contributed by atoms with Crippen LogP contribution in [0.1, 0.15) is 37.1 Å². The molecule has 5 heteroatoms. The van der Waals surface area contributed by atoms with E-state index in [-0.39, 0.29) is 0 Å². The topological polar surface area (TPSA) is 47.3 Å². The lowest BCUT2D eigenvalue weighted by molar-refractivity contribution is 0.178. The molecule has 0 aliphatic heterocycles. The fraction of sp³-hybridized carbons (Fsp3) is 0.400. The normalized spacial score (nSPS) is 12.7. The second-order valence-electron chi connectivity index (χ2n) is 5.04. The Labute approximate surface area is 127 Å². The van der Waals surface area contributed by atoms with Gasteiger partial charge in [0, 0.05) is 24.2 Å². The van der Waals surface area contributed by atoms with E-state index in [4.69, 9.17) is 4.74 Å². The van der Waals surface area contributed by atoms with Gasteiger partial charge in [-0.05, 0) is 47.5 Å². The van der Waals surface area contributed by atoms with Gasteiger partial charge in [-0.1, -0.05) is 6.07 Å². The van der Waals surface area contributed by atoms with Crippen LogP contribution in [0.25, 0.3) is 0 Å². The second-order valence-corrected chi connectivity index (χ2v) is 5.89. The van der Waals surface area contributed by atoms with Crippen LogP contribution in [0.3, 0.4) is 0 Å². The fourth-order valence-corrected chi connectivity index (χ4v) is 2.57. The molecule has 0 saturated heterocycles. The molecule has 0 radical (unpaired) electrons. The summed E-state index contributed by atoms with van der Waals surface area (Å²) in [5, 5.41) is 14.5. The van der Waals surface area contributed by atoms with Crippen LogP contribution >= 0.6 is 15.9 Å². The number of rotatable bonds is 5. The van der Waals surface area contributed by atoms with Gasteiger partial charge in [-0.3, -0.25) is 4.68 Å². The summed E-state index contributed by atoms with van der Waals surface area (Å²) >= 11 is 3.45. The Balaban J connectivity index is 2.10. The second kappa shape index (κ2) is 6.41. The predicted octanol–water partition coefficient (Wildman–Crippen LogP) is 3.51. The molecule has 4 nitrogen and oxygen atoms in total. The highest BCUT2D eigenvalue weighted by Gasteiger charge is 2.13. The average molecular weight is 339 g/mol. The largest absolute Gasteiger partial charge is 0.496 e. The summed E-state index contributed by atoms with van der Waals surface area (Å²) in [6.07, 6.45) is 3.62. The molecule has 0 fully saturated rings. The predicted molar refractivity (Wildman–Crippen MR) is 82.0 cm³/mol. The van der Waals surface area contributed by atoms with Gasteiger partial charge < -0.3 is 9.84 Å². The van der Waals surface area contributed by atoms with Crippen LogP contribution in [-0.2, 0) is 6.42 Å². The van der Waals surface area contributed by atoms with Gasteiger partial charge in [-0.25, -0.2) is 0 Å². The molecule has 0 saturated carbocycles. The summed E-state index contributed by atoms with van der Waals surface area (Å²) in [7, 11) is 1.63. The summed E-state index contributed by atoms with van der Waals surface area (Å²) < 4.78 is 7.94. The van der Waals surface area contributed by atoms with Crippen LogP contribution < -0.4 is 4.74 Å². The molecule has 2 aromatic rings. The molecule has 0 amide bonds. The van der Waals surface area contributed by atoms with Crippen LogP contribution in [0, 0.1) is 0 Å². The molecule has 1 N–H and O–H groups in total. The zero-order valence-electron chi connectivity index (χ0n) is 11.9. The Bertz CT molecular complexity index is 581. The van der Waals surface area contributed by atoms with Crippen molar-refractivity contribution in [1.82, 2.24) is 9.78 Å². The Kier molecular flexibility index (Phi) is 4.83. The summed E-state index contributed by atoms with van der Waals surface area (Å²) in [6, 6.07) is 6.12. The van der Waals surface area contributed by atoms with Crippen molar-refractivity contribution in [2.75, 3.05) is 7.11 Å². The first-order valence-electron chi connectivity index (χ1n) is 6.55. The summed E-state index contributed by atoms with van der Waals surface area (Å²) in [6.45, 7) is 4.12. The Morgan fingerprint density at radius 2 is 2.15 bits per heavy atom. The number of aliphatic hydroxyl groups is 1. The molecule has 1 aromatic carbocycles. The maximum atomic E-state index is 10.3. The minimum Gasteiger partial charge on any atom is -0.496 e. The maximum absolute atomic E-state index is 10.3. The van der Waals surface area contributed by atoms with Crippen molar-refractivity contribution in [1.29, 1.82) is 0 Å². The van der Waals surface area contributed by atoms with Crippen molar-refractivity contribution >= 4 is 15.9 Å². The highest BCUT2D eigenvalue weighted by molar-refractivity contribution is 9.10. The van der Waals surface area contributed by atoms with Gasteiger partial charge >= 0.3 is 0 Å². The van der Waals surface area contributed by atoms with E-state index in [2.05, 4.69) is 34.9 Å². The minimum atomic E-state index is -0.553. The SMILES string of the molecule is COc1ccc(CC(O)c2cnn(C(C)C)c2)cc1Br. The molecule has 2 rings (SSSR count). The van der Waals surface area contributed by atoms with Crippen LogP contribution in [0.5, 0.6) is 5.75 Å². The van der Waals surface area contributed by atoms with Crippen molar-refractivity contribution in [3.8, 4) is 5.75 Å². The molecule has 1 unspecified atom stereocenters. The van der Waals surface area contributed by atoms with E-state index < -0.39 is 6.10 Å². The smallest absolute Gasteiger partial charge is 0.133 e. The lowest BCUT2D eigenvalue weighted by Crippen LogP contribution is -2.02. The summed E-state index contributed by atoms with van der Waals surface area (Å²) in [5.74, 6) is 0.788. The number of benzene rings is 1. The van der Waals surface area contributed by atoms with Crippen molar-refractivity contribution in [2.45, 2.75) is 32.4 Å². The number of halogens is 1. The van der Waals surface area contributed by atoms with Crippen molar-refractivity contribution in [3.63, 3.8) is 0 Å². The average Bonchev–Trinajstić information content (AvgIpc) is 2.88. The summed E-state index contributed by atoms with van der Waals surface area (Å²) in [5.41, 5.74) is 1.88. The van der Waals surface area contributed by atoms with Gasteiger partial charge in [0.1, 0.15) is 5.75 Å². The zero-order chi connectivity index (χ0) is 14.7. The van der Waals surface area contributed by atoms with Crippen LogP contribution in [0.15, 0.2) is 35.1 Å². The molecule has 1 atom stereocenters. The molecule has 0 spiro atoms. The van der Waals surface area contributed by atoms with E-state index in [1.54, 1.807) is 13.3 Å². The third-order valence-corrected chi connectivity index (χ3v) is 3.80. The Hall–Kier alpha value is -1.33. The number of hydrogen-bond acceptors (Lipinski definition) is 3. The monoisotopic (exact) mass is 338 g/mol. The lowest BCUT2D eigenvalue weighted by Gasteiger charge is -2.10. The molecule has 0 bridgehead atoms. The highest BCUT2D eigenvalue weighted by Crippen LogP contribution is 2.27. The number of ether oxygens (including phenoxy) is 1. The number of methoxy groups -OCH3 is 1. The van der Waals surface area contributed by atoms with Gasteiger partial charge in [0.25, 0.3) is 0 Å². The molecule has 1 aromatic heterocycles. The van der Waals surface area contributed by atoms with Crippen molar-refractivity contribution < 1.29 is 9.84 Å². The van der Waals surface area contributed by atoms with Gasteiger partial charge in [0.05, 0.1) is 23.9 Å². The minimum absolute atomic E-state index is 0.297. The first-order valence-corrected chi connectivity index (χ1v) is 7.35. The molecule has 1 heterocycles. The summed E-state index contributed by atoms with van der Waals surface area (Å²) in [4.78, 5) is 0. The standard InChI is InChI=1S/C15H19BrN2O2/c1-10(2)18-9-12(8-17-18)14(19)7-11-4-5-15(20-3)13(16)6-11/h4-6,8-10,14,19H,7H2,1-3H3. The first-order chi connectivity index (χ1) is 9.51. The lowest BCUT2D eigenvalue weighted by atomic mass is 10.0. The molecular formula is C15H19BrN2O2. The highest BCUT2D eigenvalue weighted by atomic mass is 79.9. The number of aliphatic hydroxyl groups excluding tert-OH is 1. The zero-order valence-corrected chi connectivity index (χ0v) is 13.5. The molecular weight excluding hydrogens is 320 g/mol. The van der Waals surface area contributed by atoms with Crippen LogP contribution in [0.2, 0.25) is 0 Å². The Morgan fingerprint density at radius 1 is 1.40 bits per heavy atom.